The van der Waals surface area contributed by atoms with Crippen molar-refractivity contribution < 1.29 is 9.53 Å². The fourth-order valence-corrected chi connectivity index (χ4v) is 2.88. The van der Waals surface area contributed by atoms with Crippen LogP contribution in [0.15, 0.2) is 60.8 Å². The first-order valence-electron chi connectivity index (χ1n) is 6.73. The number of rotatable bonds is 4. The summed E-state index contributed by atoms with van der Waals surface area (Å²) in [5.41, 5.74) is 1.57. The molecule has 1 N–H and O–H groups in total. The molecule has 0 spiro atoms. The van der Waals surface area contributed by atoms with Crippen LogP contribution in [0.2, 0.25) is 0 Å². The topological polar surface area (TPSA) is 51.2 Å². The van der Waals surface area contributed by atoms with E-state index >= 15 is 0 Å². The number of benzene rings is 2. The van der Waals surface area contributed by atoms with Crippen LogP contribution in [-0.4, -0.2) is 18.0 Å². The zero-order valence-corrected chi connectivity index (χ0v) is 12.8. The van der Waals surface area contributed by atoms with Crippen LogP contribution in [-0.2, 0) is 0 Å². The predicted octanol–water partition coefficient (Wildman–Crippen LogP) is 4.07. The quantitative estimate of drug-likeness (QED) is 0.790. The fraction of sp³-hybridized carbons (Fsp3) is 0.0588. The van der Waals surface area contributed by atoms with E-state index in [4.69, 9.17) is 4.74 Å². The monoisotopic (exact) mass is 310 g/mol. The number of nitrogens with one attached hydrogen (secondary N) is 1. The minimum atomic E-state index is -0.230. The van der Waals surface area contributed by atoms with Gasteiger partial charge in [-0.3, -0.25) is 10.1 Å². The number of ether oxygens (including phenoxy) is 1. The molecule has 5 heteroatoms. The Morgan fingerprint density at radius 2 is 1.82 bits per heavy atom. The van der Waals surface area contributed by atoms with Gasteiger partial charge in [-0.15, -0.1) is 0 Å². The Labute approximate surface area is 132 Å². The van der Waals surface area contributed by atoms with Gasteiger partial charge in [0.05, 0.1) is 17.6 Å². The number of anilines is 1. The molecule has 0 saturated heterocycles. The van der Waals surface area contributed by atoms with Crippen LogP contribution in [0.25, 0.3) is 10.4 Å². The predicted molar refractivity (Wildman–Crippen MR) is 88.5 cm³/mol. The first-order valence-corrected chi connectivity index (χ1v) is 7.55. The summed E-state index contributed by atoms with van der Waals surface area (Å²) in [4.78, 5) is 17.6. The maximum Gasteiger partial charge on any atom is 0.261 e. The standard InChI is InChI=1S/C17H14N2O2S/c1-21-14-10-6-5-9-13(14)16(20)19-17-18-11-15(22-17)12-7-3-2-4-8-12/h2-11H,1H3,(H,18,19,20). The Bertz CT molecular complexity index is 784. The molecule has 3 aromatic rings. The molecule has 110 valence electrons. The second kappa shape index (κ2) is 6.41. The molecule has 1 heterocycles. The lowest BCUT2D eigenvalue weighted by molar-refractivity contribution is 0.102. The summed E-state index contributed by atoms with van der Waals surface area (Å²) >= 11 is 1.44. The van der Waals surface area contributed by atoms with Crippen LogP contribution >= 0.6 is 11.3 Å². The third-order valence-electron chi connectivity index (χ3n) is 3.14. The van der Waals surface area contributed by atoms with Gasteiger partial charge < -0.3 is 4.74 Å². The molecule has 0 aliphatic rings. The molecule has 2 aromatic carbocycles. The molecule has 0 fully saturated rings. The Morgan fingerprint density at radius 1 is 1.09 bits per heavy atom. The van der Waals surface area contributed by atoms with E-state index in [-0.39, 0.29) is 5.91 Å². The number of carbonyl (C=O) groups excluding carboxylic acids is 1. The minimum absolute atomic E-state index is 0.230. The van der Waals surface area contributed by atoms with Crippen LogP contribution in [0.3, 0.4) is 0 Å². The molecular weight excluding hydrogens is 296 g/mol. The van der Waals surface area contributed by atoms with Crippen molar-refractivity contribution in [3.63, 3.8) is 0 Å². The van der Waals surface area contributed by atoms with Crippen molar-refractivity contribution in [1.29, 1.82) is 0 Å². The van der Waals surface area contributed by atoms with Crippen molar-refractivity contribution in [2.45, 2.75) is 0 Å². The van der Waals surface area contributed by atoms with Crippen molar-refractivity contribution in [2.75, 3.05) is 12.4 Å². The van der Waals surface area contributed by atoms with Crippen LogP contribution in [0.4, 0.5) is 5.13 Å². The summed E-state index contributed by atoms with van der Waals surface area (Å²) in [7, 11) is 1.54. The minimum Gasteiger partial charge on any atom is -0.496 e. The van der Waals surface area contributed by atoms with E-state index in [1.807, 2.05) is 36.4 Å². The zero-order chi connectivity index (χ0) is 15.4. The third kappa shape index (κ3) is 2.99. The van der Waals surface area contributed by atoms with Gasteiger partial charge in [-0.2, -0.15) is 0 Å². The zero-order valence-electron chi connectivity index (χ0n) is 11.9. The van der Waals surface area contributed by atoms with Crippen LogP contribution in [0.5, 0.6) is 5.75 Å². The Kier molecular flexibility index (Phi) is 4.16. The molecule has 1 amide bonds. The molecule has 22 heavy (non-hydrogen) atoms. The molecule has 0 unspecified atom stereocenters. The highest BCUT2D eigenvalue weighted by Gasteiger charge is 2.13. The Balaban J connectivity index is 1.79. The highest BCUT2D eigenvalue weighted by molar-refractivity contribution is 7.19. The average molecular weight is 310 g/mol. The first-order chi connectivity index (χ1) is 10.8. The van der Waals surface area contributed by atoms with E-state index in [2.05, 4.69) is 10.3 Å². The molecule has 3 rings (SSSR count). The lowest BCUT2D eigenvalue weighted by atomic mass is 10.2. The highest BCUT2D eigenvalue weighted by atomic mass is 32.1. The summed E-state index contributed by atoms with van der Waals surface area (Å²) < 4.78 is 5.20. The number of hydrogen-bond donors (Lipinski definition) is 1. The van der Waals surface area contributed by atoms with Gasteiger partial charge in [0, 0.05) is 6.20 Å². The summed E-state index contributed by atoms with van der Waals surface area (Å²) in [6.45, 7) is 0. The number of amides is 1. The van der Waals surface area contributed by atoms with E-state index in [9.17, 15) is 4.79 Å². The lowest BCUT2D eigenvalue weighted by Crippen LogP contribution is -2.12. The molecule has 0 aliphatic carbocycles. The van der Waals surface area contributed by atoms with Crippen molar-refractivity contribution >= 4 is 22.4 Å². The SMILES string of the molecule is COc1ccccc1C(=O)Nc1ncc(-c2ccccc2)s1. The van der Waals surface area contributed by atoms with Gasteiger partial charge in [-0.25, -0.2) is 4.98 Å². The summed E-state index contributed by atoms with van der Waals surface area (Å²) in [5, 5.41) is 3.38. The van der Waals surface area contributed by atoms with Crippen molar-refractivity contribution in [2.24, 2.45) is 0 Å². The highest BCUT2D eigenvalue weighted by Crippen LogP contribution is 2.29. The van der Waals surface area contributed by atoms with Gasteiger partial charge in [0.25, 0.3) is 5.91 Å². The number of para-hydroxylation sites is 1. The van der Waals surface area contributed by atoms with E-state index in [0.717, 1.165) is 10.4 Å². The molecule has 0 atom stereocenters. The Hall–Kier alpha value is -2.66. The van der Waals surface area contributed by atoms with E-state index in [1.165, 1.54) is 11.3 Å². The normalized spacial score (nSPS) is 10.2. The maximum atomic E-state index is 12.3. The van der Waals surface area contributed by atoms with Gasteiger partial charge in [0.2, 0.25) is 0 Å². The molecular formula is C17H14N2O2S. The Morgan fingerprint density at radius 3 is 2.59 bits per heavy atom. The first kappa shape index (κ1) is 14.3. The molecule has 4 nitrogen and oxygen atoms in total. The van der Waals surface area contributed by atoms with Gasteiger partial charge in [-0.05, 0) is 17.7 Å². The van der Waals surface area contributed by atoms with Crippen molar-refractivity contribution in [3.8, 4) is 16.2 Å². The van der Waals surface area contributed by atoms with Gasteiger partial charge in [-0.1, -0.05) is 53.8 Å². The molecule has 1 aromatic heterocycles. The second-order valence-electron chi connectivity index (χ2n) is 4.55. The maximum absolute atomic E-state index is 12.3. The van der Waals surface area contributed by atoms with Crippen molar-refractivity contribution in [1.82, 2.24) is 4.98 Å². The van der Waals surface area contributed by atoms with Gasteiger partial charge >= 0.3 is 0 Å². The summed E-state index contributed by atoms with van der Waals surface area (Å²) in [6, 6.07) is 17.0. The lowest BCUT2D eigenvalue weighted by Gasteiger charge is -2.06. The molecule has 0 aliphatic heterocycles. The third-order valence-corrected chi connectivity index (χ3v) is 4.10. The molecule has 0 bridgehead atoms. The largest absolute Gasteiger partial charge is 0.496 e. The number of thiazole rings is 1. The molecule has 0 radical (unpaired) electrons. The van der Waals surface area contributed by atoms with E-state index in [0.29, 0.717) is 16.4 Å². The summed E-state index contributed by atoms with van der Waals surface area (Å²) in [6.07, 6.45) is 1.76. The number of aromatic nitrogens is 1. The number of methoxy groups -OCH3 is 1. The number of carbonyl (C=O) groups is 1. The average Bonchev–Trinajstić information content (AvgIpc) is 3.04. The second-order valence-corrected chi connectivity index (χ2v) is 5.58. The number of hydrogen-bond acceptors (Lipinski definition) is 4. The van der Waals surface area contributed by atoms with Crippen LogP contribution < -0.4 is 10.1 Å². The van der Waals surface area contributed by atoms with Gasteiger partial charge in [0.15, 0.2) is 5.13 Å². The number of nitrogens with zero attached hydrogens (tertiary/aromatic N) is 1. The van der Waals surface area contributed by atoms with E-state index in [1.54, 1.807) is 31.5 Å². The smallest absolute Gasteiger partial charge is 0.261 e. The van der Waals surface area contributed by atoms with Crippen LogP contribution in [0.1, 0.15) is 10.4 Å². The van der Waals surface area contributed by atoms with Crippen LogP contribution in [0, 0.1) is 0 Å². The van der Waals surface area contributed by atoms with E-state index < -0.39 is 0 Å². The fourth-order valence-electron chi connectivity index (χ4n) is 2.06. The van der Waals surface area contributed by atoms with Gasteiger partial charge in [0.1, 0.15) is 5.75 Å². The molecule has 0 saturated carbocycles. The van der Waals surface area contributed by atoms with Crippen molar-refractivity contribution in [3.05, 3.63) is 66.4 Å². The summed E-state index contributed by atoms with van der Waals surface area (Å²) in [5.74, 6) is 0.311.